The van der Waals surface area contributed by atoms with Crippen molar-refractivity contribution in [1.29, 1.82) is 0 Å². The molecule has 3 rings (SSSR count). The van der Waals surface area contributed by atoms with Crippen molar-refractivity contribution in [3.05, 3.63) is 58.8 Å². The minimum Gasteiger partial charge on any atom is -0.394 e. The molecule has 0 radical (unpaired) electrons. The van der Waals surface area contributed by atoms with Crippen LogP contribution in [-0.4, -0.2) is 32.7 Å². The van der Waals surface area contributed by atoms with Gasteiger partial charge < -0.3 is 10.4 Å². The van der Waals surface area contributed by atoms with Crippen molar-refractivity contribution in [2.24, 2.45) is 0 Å². The molecule has 27 heavy (non-hydrogen) atoms. The molecule has 0 bridgehead atoms. The molecule has 1 atom stereocenters. The number of pyridine rings is 1. The summed E-state index contributed by atoms with van der Waals surface area (Å²) in [6.07, 6.45) is 3.41. The highest BCUT2D eigenvalue weighted by Gasteiger charge is 2.10. The molecule has 0 spiro atoms. The maximum atomic E-state index is 9.28. The smallest absolute Gasteiger partial charge is 0.225 e. The third-order valence-electron chi connectivity index (χ3n) is 3.59. The number of aromatic nitrogens is 3. The van der Waals surface area contributed by atoms with Crippen LogP contribution in [0.25, 0.3) is 11.3 Å². The standard InChI is InChI=1S/C18H18Cl2N6O/c1-11(10-27)22-18-23-16(12-3-2-6-21-9-12)8-17(24-18)26-25-15-5-4-13(19)7-14(15)20/h2-9,11,25,27H,10H2,1H3,(H2,22,23,24,26)/t11-/m1/s1. The molecule has 3 aromatic rings. The molecule has 0 aliphatic heterocycles. The highest BCUT2D eigenvalue weighted by Crippen LogP contribution is 2.26. The van der Waals surface area contributed by atoms with Gasteiger partial charge >= 0.3 is 0 Å². The quantitative estimate of drug-likeness (QED) is 0.440. The minimum absolute atomic E-state index is 0.0398. The van der Waals surface area contributed by atoms with Gasteiger partial charge in [-0.1, -0.05) is 23.2 Å². The van der Waals surface area contributed by atoms with Crippen LogP contribution in [0, 0.1) is 0 Å². The summed E-state index contributed by atoms with van der Waals surface area (Å²) in [4.78, 5) is 13.0. The van der Waals surface area contributed by atoms with Crippen LogP contribution < -0.4 is 16.2 Å². The Hall–Kier alpha value is -2.61. The van der Waals surface area contributed by atoms with Crippen LogP contribution in [0.1, 0.15) is 6.92 Å². The third kappa shape index (κ3) is 5.19. The zero-order valence-electron chi connectivity index (χ0n) is 14.4. The Kier molecular flexibility index (Phi) is 6.28. The van der Waals surface area contributed by atoms with E-state index in [0.29, 0.717) is 33.2 Å². The second kappa shape index (κ2) is 8.85. The fourth-order valence-corrected chi connectivity index (χ4v) is 2.68. The topological polar surface area (TPSA) is 95.0 Å². The number of aliphatic hydroxyl groups excluding tert-OH is 1. The van der Waals surface area contributed by atoms with E-state index in [4.69, 9.17) is 23.2 Å². The lowest BCUT2D eigenvalue weighted by Crippen LogP contribution is -2.21. The molecule has 1 aromatic carbocycles. The second-order valence-electron chi connectivity index (χ2n) is 5.81. The van der Waals surface area contributed by atoms with Crippen LogP contribution in [0.15, 0.2) is 48.8 Å². The maximum Gasteiger partial charge on any atom is 0.225 e. The summed E-state index contributed by atoms with van der Waals surface area (Å²) in [5.41, 5.74) is 8.19. The molecule has 2 heterocycles. The molecule has 0 fully saturated rings. The number of hydrogen-bond acceptors (Lipinski definition) is 7. The Bertz CT molecular complexity index is 910. The van der Waals surface area contributed by atoms with Crippen LogP contribution >= 0.6 is 23.2 Å². The van der Waals surface area contributed by atoms with Crippen molar-refractivity contribution >= 4 is 40.7 Å². The first-order chi connectivity index (χ1) is 13.0. The number of aliphatic hydroxyl groups is 1. The van der Waals surface area contributed by atoms with Gasteiger partial charge in [0.2, 0.25) is 5.95 Å². The third-order valence-corrected chi connectivity index (χ3v) is 4.14. The van der Waals surface area contributed by atoms with Gasteiger partial charge in [0.1, 0.15) is 0 Å². The summed E-state index contributed by atoms with van der Waals surface area (Å²) in [6, 6.07) is 10.5. The summed E-state index contributed by atoms with van der Waals surface area (Å²) in [7, 11) is 0. The van der Waals surface area contributed by atoms with E-state index < -0.39 is 0 Å². The van der Waals surface area contributed by atoms with E-state index >= 15 is 0 Å². The van der Waals surface area contributed by atoms with E-state index in [0.717, 1.165) is 5.56 Å². The van der Waals surface area contributed by atoms with Crippen molar-refractivity contribution < 1.29 is 5.11 Å². The van der Waals surface area contributed by atoms with E-state index in [1.165, 1.54) is 0 Å². The Morgan fingerprint density at radius 1 is 1.11 bits per heavy atom. The van der Waals surface area contributed by atoms with Gasteiger partial charge in [0.15, 0.2) is 5.82 Å². The summed E-state index contributed by atoms with van der Waals surface area (Å²) < 4.78 is 0. The summed E-state index contributed by atoms with van der Waals surface area (Å²) >= 11 is 12.1. The monoisotopic (exact) mass is 404 g/mol. The molecule has 140 valence electrons. The highest BCUT2D eigenvalue weighted by molar-refractivity contribution is 6.36. The number of halogens is 2. The number of hydrogen-bond donors (Lipinski definition) is 4. The Morgan fingerprint density at radius 2 is 1.96 bits per heavy atom. The van der Waals surface area contributed by atoms with Gasteiger partial charge in [-0.05, 0) is 37.3 Å². The first kappa shape index (κ1) is 19.2. The molecular weight excluding hydrogens is 387 g/mol. The average molecular weight is 405 g/mol. The minimum atomic E-state index is -0.194. The number of anilines is 3. The number of benzene rings is 1. The molecule has 0 saturated heterocycles. The molecule has 0 unspecified atom stereocenters. The van der Waals surface area contributed by atoms with Gasteiger partial charge in [-0.2, -0.15) is 4.98 Å². The molecular formula is C18H18Cl2N6O. The van der Waals surface area contributed by atoms with Crippen LogP contribution in [-0.2, 0) is 0 Å². The lowest BCUT2D eigenvalue weighted by molar-refractivity contribution is 0.281. The average Bonchev–Trinajstić information content (AvgIpc) is 2.67. The SMILES string of the molecule is C[C@H](CO)Nc1nc(NNc2ccc(Cl)cc2Cl)cc(-c2cccnc2)n1. The van der Waals surface area contributed by atoms with E-state index in [2.05, 4.69) is 31.1 Å². The number of nitrogens with zero attached hydrogens (tertiary/aromatic N) is 3. The second-order valence-corrected chi connectivity index (χ2v) is 6.65. The molecule has 0 aliphatic rings. The van der Waals surface area contributed by atoms with E-state index in [9.17, 15) is 5.11 Å². The largest absolute Gasteiger partial charge is 0.394 e. The number of hydrazine groups is 1. The molecule has 7 nitrogen and oxygen atoms in total. The Balaban J connectivity index is 1.87. The van der Waals surface area contributed by atoms with Gasteiger partial charge in [-0.15, -0.1) is 0 Å². The molecule has 0 saturated carbocycles. The van der Waals surface area contributed by atoms with Gasteiger partial charge in [-0.25, -0.2) is 4.98 Å². The number of nitrogens with one attached hydrogen (secondary N) is 3. The predicted molar refractivity (Wildman–Crippen MR) is 109 cm³/mol. The van der Waals surface area contributed by atoms with E-state index in [1.54, 1.807) is 36.7 Å². The van der Waals surface area contributed by atoms with Crippen LogP contribution in [0.4, 0.5) is 17.5 Å². The Labute approximate surface area is 166 Å². The van der Waals surface area contributed by atoms with Crippen molar-refractivity contribution in [2.75, 3.05) is 22.8 Å². The summed E-state index contributed by atoms with van der Waals surface area (Å²) in [6.45, 7) is 1.79. The van der Waals surface area contributed by atoms with Gasteiger partial charge in [0.25, 0.3) is 0 Å². The van der Waals surface area contributed by atoms with Gasteiger partial charge in [0, 0.05) is 35.1 Å². The zero-order valence-corrected chi connectivity index (χ0v) is 16.0. The van der Waals surface area contributed by atoms with Crippen molar-refractivity contribution in [3.8, 4) is 11.3 Å². The Morgan fingerprint density at radius 3 is 2.67 bits per heavy atom. The molecule has 0 aliphatic carbocycles. The summed E-state index contributed by atoms with van der Waals surface area (Å²) in [5, 5.41) is 13.4. The summed E-state index contributed by atoms with van der Waals surface area (Å²) in [5.74, 6) is 0.895. The predicted octanol–water partition coefficient (Wildman–Crippen LogP) is 4.08. The van der Waals surface area contributed by atoms with Crippen molar-refractivity contribution in [1.82, 2.24) is 15.0 Å². The highest BCUT2D eigenvalue weighted by atomic mass is 35.5. The fraction of sp³-hybridized carbons (Fsp3) is 0.167. The van der Waals surface area contributed by atoms with Crippen LogP contribution in [0.5, 0.6) is 0 Å². The van der Waals surface area contributed by atoms with E-state index in [1.807, 2.05) is 19.1 Å². The van der Waals surface area contributed by atoms with Gasteiger partial charge in [-0.3, -0.25) is 15.8 Å². The first-order valence-electron chi connectivity index (χ1n) is 8.19. The molecule has 2 aromatic heterocycles. The van der Waals surface area contributed by atoms with Crippen LogP contribution in [0.2, 0.25) is 10.0 Å². The zero-order chi connectivity index (χ0) is 19.2. The van der Waals surface area contributed by atoms with Gasteiger partial charge in [0.05, 0.1) is 23.0 Å². The van der Waals surface area contributed by atoms with E-state index in [-0.39, 0.29) is 12.6 Å². The van der Waals surface area contributed by atoms with Crippen LogP contribution in [0.3, 0.4) is 0 Å². The first-order valence-corrected chi connectivity index (χ1v) is 8.94. The lowest BCUT2D eigenvalue weighted by atomic mass is 10.2. The maximum absolute atomic E-state index is 9.28. The molecule has 0 amide bonds. The van der Waals surface area contributed by atoms with Crippen molar-refractivity contribution in [3.63, 3.8) is 0 Å². The molecule has 4 N–H and O–H groups in total. The fourth-order valence-electron chi connectivity index (χ4n) is 2.23. The normalized spacial score (nSPS) is 11.7. The lowest BCUT2D eigenvalue weighted by Gasteiger charge is -2.15. The number of rotatable bonds is 7. The van der Waals surface area contributed by atoms with Crippen molar-refractivity contribution in [2.45, 2.75) is 13.0 Å². The molecule has 9 heteroatoms.